The van der Waals surface area contributed by atoms with Crippen LogP contribution < -0.4 is 0 Å². The fourth-order valence-electron chi connectivity index (χ4n) is 1.44. The molecule has 2 rings (SSSR count). The summed E-state index contributed by atoms with van der Waals surface area (Å²) in [5, 5.41) is 16.7. The van der Waals surface area contributed by atoms with Gasteiger partial charge in [0.2, 0.25) is 0 Å². The highest BCUT2D eigenvalue weighted by Crippen LogP contribution is 2.11. The molecule has 6 nitrogen and oxygen atoms in total. The van der Waals surface area contributed by atoms with Gasteiger partial charge in [-0.1, -0.05) is 17.3 Å². The highest BCUT2D eigenvalue weighted by atomic mass is 16.5. The molecule has 0 saturated heterocycles. The Labute approximate surface area is 103 Å². The first-order valence-corrected chi connectivity index (χ1v) is 5.35. The lowest BCUT2D eigenvalue weighted by Gasteiger charge is -1.99. The molecule has 0 radical (unpaired) electrons. The number of esters is 1. The molecule has 90 valence electrons. The summed E-state index contributed by atoms with van der Waals surface area (Å²) in [7, 11) is 0. The second-order valence-corrected chi connectivity index (χ2v) is 3.40. The predicted octanol–water partition coefficient (Wildman–Crippen LogP) is 1.36. The van der Waals surface area contributed by atoms with Crippen LogP contribution in [0.15, 0.2) is 29.8 Å². The monoisotopic (exact) mass is 242 g/mol. The molecule has 1 aromatic carbocycles. The number of nitrogens with zero attached hydrogens (tertiary/aromatic N) is 4. The van der Waals surface area contributed by atoms with E-state index < -0.39 is 5.97 Å². The maximum absolute atomic E-state index is 11.5. The van der Waals surface area contributed by atoms with Gasteiger partial charge in [-0.25, -0.2) is 9.48 Å². The fourth-order valence-corrected chi connectivity index (χ4v) is 1.44. The third kappa shape index (κ3) is 2.20. The van der Waals surface area contributed by atoms with E-state index in [1.54, 1.807) is 25.1 Å². The smallest absolute Gasteiger partial charge is 0.350 e. The maximum Gasteiger partial charge on any atom is 0.350 e. The number of carbonyl (C=O) groups excluding carboxylic acids is 1. The summed E-state index contributed by atoms with van der Waals surface area (Å²) < 4.78 is 6.14. The molecule has 0 aliphatic carbocycles. The third-order valence-electron chi connectivity index (χ3n) is 2.24. The summed E-state index contributed by atoms with van der Waals surface area (Å²) in [5.74, 6) is -0.667. The van der Waals surface area contributed by atoms with Crippen molar-refractivity contribution in [1.82, 2.24) is 15.0 Å². The number of aromatic nitrogens is 3. The van der Waals surface area contributed by atoms with Crippen LogP contribution in [0.5, 0.6) is 0 Å². The molecule has 0 fully saturated rings. The van der Waals surface area contributed by atoms with E-state index in [1.165, 1.54) is 10.9 Å². The van der Waals surface area contributed by atoms with Crippen LogP contribution in [0.3, 0.4) is 0 Å². The Morgan fingerprint density at radius 3 is 3.06 bits per heavy atom. The van der Waals surface area contributed by atoms with Crippen molar-refractivity contribution in [3.8, 4) is 6.07 Å². The summed E-state index contributed by atoms with van der Waals surface area (Å²) in [6.07, 6.45) is 1.31. The van der Waals surface area contributed by atoms with Gasteiger partial charge in [0.1, 0.15) is 11.6 Å². The number of ether oxygens (including phenoxy) is 1. The number of rotatable bonds is 3. The van der Waals surface area contributed by atoms with Crippen molar-refractivity contribution in [2.24, 2.45) is 0 Å². The molecule has 1 aromatic heterocycles. The summed E-state index contributed by atoms with van der Waals surface area (Å²) in [6, 6.07) is 9.04. The van der Waals surface area contributed by atoms with Crippen molar-refractivity contribution in [3.05, 3.63) is 29.8 Å². The SMILES string of the molecule is CCOC(=O)C(C#N)=Cn1nnc2ccccc21. The summed E-state index contributed by atoms with van der Waals surface area (Å²) in [6.45, 7) is 1.90. The molecule has 0 aliphatic heterocycles. The molecule has 0 spiro atoms. The van der Waals surface area contributed by atoms with Gasteiger partial charge in [-0.05, 0) is 19.1 Å². The summed E-state index contributed by atoms with van der Waals surface area (Å²) in [5.41, 5.74) is 1.29. The van der Waals surface area contributed by atoms with Crippen LogP contribution in [-0.2, 0) is 9.53 Å². The van der Waals surface area contributed by atoms with E-state index in [1.807, 2.05) is 12.1 Å². The van der Waals surface area contributed by atoms with E-state index in [9.17, 15) is 4.79 Å². The molecule has 0 saturated carbocycles. The minimum atomic E-state index is -0.667. The van der Waals surface area contributed by atoms with Crippen molar-refractivity contribution >= 4 is 23.2 Å². The molecule has 0 unspecified atom stereocenters. The van der Waals surface area contributed by atoms with E-state index in [2.05, 4.69) is 10.3 Å². The van der Waals surface area contributed by atoms with Gasteiger partial charge in [0, 0.05) is 0 Å². The Bertz CT molecular complexity index is 651. The Kier molecular flexibility index (Phi) is 3.34. The molecular weight excluding hydrogens is 232 g/mol. The lowest BCUT2D eigenvalue weighted by molar-refractivity contribution is -0.137. The quantitative estimate of drug-likeness (QED) is 0.461. The Hall–Kier alpha value is -2.68. The van der Waals surface area contributed by atoms with Crippen LogP contribution in [-0.4, -0.2) is 27.6 Å². The minimum absolute atomic E-state index is 0.118. The van der Waals surface area contributed by atoms with Crippen molar-refractivity contribution in [2.45, 2.75) is 6.92 Å². The molecule has 6 heteroatoms. The maximum atomic E-state index is 11.5. The van der Waals surface area contributed by atoms with Crippen LogP contribution >= 0.6 is 0 Å². The molecular formula is C12H10N4O2. The lowest BCUT2D eigenvalue weighted by Crippen LogP contribution is -2.07. The number of benzene rings is 1. The average Bonchev–Trinajstić information content (AvgIpc) is 2.79. The minimum Gasteiger partial charge on any atom is -0.462 e. The normalized spacial score (nSPS) is 11.2. The van der Waals surface area contributed by atoms with Crippen LogP contribution in [0.1, 0.15) is 6.92 Å². The molecule has 0 N–H and O–H groups in total. The van der Waals surface area contributed by atoms with Crippen LogP contribution in [0, 0.1) is 11.3 Å². The number of para-hydroxylation sites is 1. The Morgan fingerprint density at radius 1 is 1.56 bits per heavy atom. The number of hydrogen-bond acceptors (Lipinski definition) is 5. The first-order valence-electron chi connectivity index (χ1n) is 5.35. The Balaban J connectivity index is 2.42. The number of hydrogen-bond donors (Lipinski definition) is 0. The van der Waals surface area contributed by atoms with Crippen molar-refractivity contribution < 1.29 is 9.53 Å². The first-order chi connectivity index (χ1) is 8.76. The second-order valence-electron chi connectivity index (χ2n) is 3.40. The van der Waals surface area contributed by atoms with Crippen LogP contribution in [0.4, 0.5) is 0 Å². The molecule has 0 aliphatic rings. The molecule has 0 bridgehead atoms. The van der Waals surface area contributed by atoms with Gasteiger partial charge in [0.05, 0.1) is 18.3 Å². The van der Waals surface area contributed by atoms with E-state index >= 15 is 0 Å². The first kappa shape index (κ1) is 11.8. The lowest BCUT2D eigenvalue weighted by atomic mass is 10.3. The molecule has 1 heterocycles. The van der Waals surface area contributed by atoms with Crippen molar-refractivity contribution in [2.75, 3.05) is 6.61 Å². The van der Waals surface area contributed by atoms with Gasteiger partial charge >= 0.3 is 5.97 Å². The van der Waals surface area contributed by atoms with Gasteiger partial charge < -0.3 is 4.74 Å². The van der Waals surface area contributed by atoms with Crippen LogP contribution in [0.2, 0.25) is 0 Å². The largest absolute Gasteiger partial charge is 0.462 e. The fraction of sp³-hybridized carbons (Fsp3) is 0.167. The predicted molar refractivity (Wildman–Crippen MR) is 64.0 cm³/mol. The molecule has 18 heavy (non-hydrogen) atoms. The summed E-state index contributed by atoms with van der Waals surface area (Å²) >= 11 is 0. The third-order valence-corrected chi connectivity index (χ3v) is 2.24. The molecule has 0 atom stereocenters. The van der Waals surface area contributed by atoms with E-state index in [4.69, 9.17) is 10.00 Å². The van der Waals surface area contributed by atoms with E-state index in [0.717, 1.165) is 5.52 Å². The van der Waals surface area contributed by atoms with Gasteiger partial charge in [-0.3, -0.25) is 0 Å². The van der Waals surface area contributed by atoms with Crippen molar-refractivity contribution in [1.29, 1.82) is 5.26 Å². The number of nitriles is 1. The molecule has 0 amide bonds. The van der Waals surface area contributed by atoms with Crippen LogP contribution in [0.25, 0.3) is 17.2 Å². The van der Waals surface area contributed by atoms with E-state index in [0.29, 0.717) is 5.52 Å². The van der Waals surface area contributed by atoms with E-state index in [-0.39, 0.29) is 12.2 Å². The van der Waals surface area contributed by atoms with Gasteiger partial charge in [-0.15, -0.1) is 5.10 Å². The number of fused-ring (bicyclic) bond motifs is 1. The average molecular weight is 242 g/mol. The topological polar surface area (TPSA) is 80.8 Å². The second kappa shape index (κ2) is 5.10. The highest BCUT2D eigenvalue weighted by Gasteiger charge is 2.11. The number of carbonyl (C=O) groups is 1. The molecule has 2 aromatic rings. The standard InChI is InChI=1S/C12H10N4O2/c1-2-18-12(17)9(7-13)8-16-11-6-4-3-5-10(11)14-15-16/h3-6,8H,2H2,1H3. The van der Waals surface area contributed by atoms with Crippen molar-refractivity contribution in [3.63, 3.8) is 0 Å². The Morgan fingerprint density at radius 2 is 2.33 bits per heavy atom. The summed E-state index contributed by atoms with van der Waals surface area (Å²) in [4.78, 5) is 11.5. The van der Waals surface area contributed by atoms with Gasteiger partial charge in [-0.2, -0.15) is 5.26 Å². The van der Waals surface area contributed by atoms with Gasteiger partial charge in [0.15, 0.2) is 5.57 Å². The zero-order valence-corrected chi connectivity index (χ0v) is 9.70. The zero-order valence-electron chi connectivity index (χ0n) is 9.70. The van der Waals surface area contributed by atoms with Gasteiger partial charge in [0.25, 0.3) is 0 Å². The highest BCUT2D eigenvalue weighted by molar-refractivity contribution is 5.96. The zero-order chi connectivity index (χ0) is 13.0.